The third kappa shape index (κ3) is 5.47. The van der Waals surface area contributed by atoms with Crippen LogP contribution < -0.4 is 15.0 Å². The highest BCUT2D eigenvalue weighted by molar-refractivity contribution is 6.33. The number of hydrogen-bond acceptors (Lipinski definition) is 4. The van der Waals surface area contributed by atoms with Crippen molar-refractivity contribution in [2.24, 2.45) is 0 Å². The summed E-state index contributed by atoms with van der Waals surface area (Å²) >= 11 is 6.52. The van der Waals surface area contributed by atoms with Gasteiger partial charge in [-0.2, -0.15) is 0 Å². The summed E-state index contributed by atoms with van der Waals surface area (Å²) in [7, 11) is 0. The first kappa shape index (κ1) is 20.6. The zero-order valence-corrected chi connectivity index (χ0v) is 18.0. The Kier molecular flexibility index (Phi) is 6.77. The van der Waals surface area contributed by atoms with Gasteiger partial charge in [0.15, 0.2) is 0 Å². The van der Waals surface area contributed by atoms with Crippen LogP contribution in [0.15, 0.2) is 66.7 Å². The number of nitrogens with one attached hydrogen (secondary N) is 1. The van der Waals surface area contributed by atoms with Crippen molar-refractivity contribution in [2.45, 2.75) is 20.1 Å². The molecule has 0 unspecified atom stereocenters. The molecule has 0 bridgehead atoms. The van der Waals surface area contributed by atoms with E-state index in [0.717, 1.165) is 55.0 Å². The largest absolute Gasteiger partial charge is 0.489 e. The molecular formula is C25H27ClN2O2. The van der Waals surface area contributed by atoms with Gasteiger partial charge in [0.05, 0.1) is 23.9 Å². The molecule has 4 rings (SSSR count). The molecule has 1 saturated heterocycles. The molecule has 1 heterocycles. The number of hydrogen-bond donors (Lipinski definition) is 1. The molecule has 1 aliphatic heterocycles. The SMILES string of the molecule is Cc1ccc(COc2ccc(CNc3ccc(N4CCOCC4)c(Cl)c3)cc2)cc1. The van der Waals surface area contributed by atoms with Gasteiger partial charge >= 0.3 is 0 Å². The predicted molar refractivity (Wildman–Crippen MR) is 124 cm³/mol. The van der Waals surface area contributed by atoms with Crippen LogP contribution in [0, 0.1) is 6.92 Å². The Hall–Kier alpha value is -2.69. The number of aryl methyl sites for hydroxylation is 1. The normalized spacial score (nSPS) is 13.9. The third-order valence-corrected chi connectivity index (χ3v) is 5.55. The predicted octanol–water partition coefficient (Wildman–Crippen LogP) is 5.68. The molecule has 30 heavy (non-hydrogen) atoms. The maximum atomic E-state index is 6.52. The Morgan fingerprint density at radius 2 is 1.63 bits per heavy atom. The van der Waals surface area contributed by atoms with E-state index in [-0.39, 0.29) is 0 Å². The Morgan fingerprint density at radius 1 is 0.933 bits per heavy atom. The molecule has 0 amide bonds. The Morgan fingerprint density at radius 3 is 2.33 bits per heavy atom. The van der Waals surface area contributed by atoms with Crippen LogP contribution >= 0.6 is 11.6 Å². The van der Waals surface area contributed by atoms with E-state index in [1.165, 1.54) is 16.7 Å². The molecule has 3 aromatic carbocycles. The van der Waals surface area contributed by atoms with E-state index >= 15 is 0 Å². The van der Waals surface area contributed by atoms with Crippen LogP contribution in [0.4, 0.5) is 11.4 Å². The summed E-state index contributed by atoms with van der Waals surface area (Å²) in [6, 6.07) is 22.8. The number of halogens is 1. The second-order valence-electron chi connectivity index (χ2n) is 7.54. The Balaban J connectivity index is 1.29. The lowest BCUT2D eigenvalue weighted by molar-refractivity contribution is 0.122. The van der Waals surface area contributed by atoms with Gasteiger partial charge in [-0.25, -0.2) is 0 Å². The lowest BCUT2D eigenvalue weighted by Gasteiger charge is -2.29. The Labute approximate surface area is 183 Å². The molecule has 0 aromatic heterocycles. The van der Waals surface area contributed by atoms with Gasteiger partial charge in [-0.1, -0.05) is 53.6 Å². The molecule has 0 atom stereocenters. The fourth-order valence-electron chi connectivity index (χ4n) is 3.44. The van der Waals surface area contributed by atoms with Crippen LogP contribution in [-0.4, -0.2) is 26.3 Å². The molecule has 1 aliphatic rings. The zero-order valence-electron chi connectivity index (χ0n) is 17.2. The number of morpholine rings is 1. The minimum absolute atomic E-state index is 0.575. The zero-order chi connectivity index (χ0) is 20.8. The first-order valence-corrected chi connectivity index (χ1v) is 10.7. The monoisotopic (exact) mass is 422 g/mol. The molecule has 0 saturated carbocycles. The summed E-state index contributed by atoms with van der Waals surface area (Å²) in [5.41, 5.74) is 5.69. The van der Waals surface area contributed by atoms with E-state index in [1.807, 2.05) is 18.2 Å². The molecule has 3 aromatic rings. The lowest BCUT2D eigenvalue weighted by Crippen LogP contribution is -2.36. The maximum Gasteiger partial charge on any atom is 0.119 e. The summed E-state index contributed by atoms with van der Waals surface area (Å²) in [6.45, 7) is 6.65. The van der Waals surface area contributed by atoms with Crippen molar-refractivity contribution in [1.82, 2.24) is 0 Å². The number of anilines is 2. The van der Waals surface area contributed by atoms with Crippen molar-refractivity contribution >= 4 is 23.0 Å². The minimum atomic E-state index is 0.575. The van der Waals surface area contributed by atoms with Gasteiger partial charge in [-0.15, -0.1) is 0 Å². The van der Waals surface area contributed by atoms with E-state index in [9.17, 15) is 0 Å². The quantitative estimate of drug-likeness (QED) is 0.531. The van der Waals surface area contributed by atoms with E-state index in [1.54, 1.807) is 0 Å². The molecule has 0 radical (unpaired) electrons. The van der Waals surface area contributed by atoms with E-state index in [2.05, 4.69) is 65.7 Å². The highest BCUT2D eigenvalue weighted by Gasteiger charge is 2.14. The fourth-order valence-corrected chi connectivity index (χ4v) is 3.74. The summed E-state index contributed by atoms with van der Waals surface area (Å²) in [6.07, 6.45) is 0. The molecule has 156 valence electrons. The van der Waals surface area contributed by atoms with Gasteiger partial charge in [-0.3, -0.25) is 0 Å². The molecule has 0 spiro atoms. The van der Waals surface area contributed by atoms with Crippen molar-refractivity contribution in [3.8, 4) is 5.75 Å². The summed E-state index contributed by atoms with van der Waals surface area (Å²) in [4.78, 5) is 2.27. The van der Waals surface area contributed by atoms with Gasteiger partial charge in [0, 0.05) is 25.3 Å². The molecule has 1 fully saturated rings. The van der Waals surface area contributed by atoms with Crippen LogP contribution in [0.2, 0.25) is 5.02 Å². The highest BCUT2D eigenvalue weighted by atomic mass is 35.5. The second kappa shape index (κ2) is 9.88. The van der Waals surface area contributed by atoms with Crippen molar-refractivity contribution in [2.75, 3.05) is 36.5 Å². The molecule has 1 N–H and O–H groups in total. The number of ether oxygens (including phenoxy) is 2. The van der Waals surface area contributed by atoms with Crippen LogP contribution in [0.1, 0.15) is 16.7 Å². The van der Waals surface area contributed by atoms with Crippen molar-refractivity contribution in [3.05, 3.63) is 88.4 Å². The topological polar surface area (TPSA) is 33.7 Å². The standard InChI is InChI=1S/C25H27ClN2O2/c1-19-2-4-21(5-3-19)18-30-23-9-6-20(7-10-23)17-27-22-8-11-25(24(26)16-22)28-12-14-29-15-13-28/h2-11,16,27H,12-15,17-18H2,1H3. The average molecular weight is 423 g/mol. The minimum Gasteiger partial charge on any atom is -0.489 e. The summed E-state index contributed by atoms with van der Waals surface area (Å²) < 4.78 is 11.3. The number of benzene rings is 3. The first-order valence-electron chi connectivity index (χ1n) is 10.3. The molecular weight excluding hydrogens is 396 g/mol. The van der Waals surface area contributed by atoms with E-state index in [4.69, 9.17) is 21.1 Å². The maximum absolute atomic E-state index is 6.52. The van der Waals surface area contributed by atoms with Crippen LogP contribution in [0.5, 0.6) is 5.75 Å². The van der Waals surface area contributed by atoms with Gasteiger partial charge in [-0.05, 0) is 48.4 Å². The van der Waals surface area contributed by atoms with Crippen molar-refractivity contribution in [3.63, 3.8) is 0 Å². The van der Waals surface area contributed by atoms with Gasteiger partial charge in [0.25, 0.3) is 0 Å². The van der Waals surface area contributed by atoms with Gasteiger partial charge in [0.1, 0.15) is 12.4 Å². The third-order valence-electron chi connectivity index (χ3n) is 5.25. The average Bonchev–Trinajstić information content (AvgIpc) is 2.79. The lowest BCUT2D eigenvalue weighted by atomic mass is 10.1. The van der Waals surface area contributed by atoms with Gasteiger partial charge in [0.2, 0.25) is 0 Å². The first-order chi connectivity index (χ1) is 14.7. The van der Waals surface area contributed by atoms with Crippen LogP contribution in [0.25, 0.3) is 0 Å². The molecule has 0 aliphatic carbocycles. The van der Waals surface area contributed by atoms with Crippen LogP contribution in [0.3, 0.4) is 0 Å². The number of nitrogens with zero attached hydrogens (tertiary/aromatic N) is 1. The molecule has 5 heteroatoms. The smallest absolute Gasteiger partial charge is 0.119 e. The van der Waals surface area contributed by atoms with Gasteiger partial charge < -0.3 is 19.7 Å². The fraction of sp³-hybridized carbons (Fsp3) is 0.280. The Bertz CT molecular complexity index is 952. The van der Waals surface area contributed by atoms with E-state index < -0.39 is 0 Å². The molecule has 4 nitrogen and oxygen atoms in total. The number of rotatable bonds is 7. The second-order valence-corrected chi connectivity index (χ2v) is 7.94. The van der Waals surface area contributed by atoms with Crippen molar-refractivity contribution < 1.29 is 9.47 Å². The summed E-state index contributed by atoms with van der Waals surface area (Å²) in [5, 5.41) is 4.21. The van der Waals surface area contributed by atoms with Crippen molar-refractivity contribution in [1.29, 1.82) is 0 Å². The highest BCUT2D eigenvalue weighted by Crippen LogP contribution is 2.29. The summed E-state index contributed by atoms with van der Waals surface area (Å²) in [5.74, 6) is 0.872. The van der Waals surface area contributed by atoms with E-state index in [0.29, 0.717) is 6.61 Å². The van der Waals surface area contributed by atoms with Crippen LogP contribution in [-0.2, 0) is 17.9 Å².